The van der Waals surface area contributed by atoms with Crippen LogP contribution in [-0.2, 0) is 11.3 Å². The Bertz CT molecular complexity index is 936. The van der Waals surface area contributed by atoms with Crippen LogP contribution < -0.4 is 0 Å². The van der Waals surface area contributed by atoms with Gasteiger partial charge in [-0.25, -0.2) is 9.37 Å². The molecule has 0 aliphatic carbocycles. The maximum atomic E-state index is 12.9. The number of imide groups is 1. The first-order valence-corrected chi connectivity index (χ1v) is 9.45. The van der Waals surface area contributed by atoms with Gasteiger partial charge in [0.2, 0.25) is 11.9 Å². The fourth-order valence-corrected chi connectivity index (χ4v) is 3.79. The average molecular weight is 432 g/mol. The molecular formula is C18H20BrN6O2+. The molecule has 8 nitrogen and oxygen atoms in total. The second kappa shape index (κ2) is 6.26. The van der Waals surface area contributed by atoms with Gasteiger partial charge in [0.15, 0.2) is 0 Å². The number of carbonyl (C=O) groups excluding carboxylic acids is 2. The van der Waals surface area contributed by atoms with Crippen molar-refractivity contribution in [2.24, 2.45) is 10.1 Å². The number of halogens is 1. The zero-order valence-electron chi connectivity index (χ0n) is 15.5. The van der Waals surface area contributed by atoms with E-state index in [4.69, 9.17) is 5.10 Å². The lowest BCUT2D eigenvalue weighted by molar-refractivity contribution is -0.559. The number of hydrogen-bond donors (Lipinski definition) is 0. The normalized spacial score (nSPS) is 24.9. The molecule has 1 aromatic carbocycles. The SMILES string of the molecule is CC1=NN(Cc2ccc(Br)cc2)C2=[N+](C1C)C1C(=O)N(C)C(=O)N(C)C1=N2. The molecule has 1 fully saturated rings. The second-order valence-electron chi connectivity index (χ2n) is 6.92. The van der Waals surface area contributed by atoms with Gasteiger partial charge in [-0.05, 0) is 31.5 Å². The van der Waals surface area contributed by atoms with Crippen LogP contribution in [0, 0.1) is 0 Å². The summed E-state index contributed by atoms with van der Waals surface area (Å²) in [6.07, 6.45) is 0. The van der Waals surface area contributed by atoms with Crippen molar-refractivity contribution in [2.75, 3.05) is 14.1 Å². The third-order valence-electron chi connectivity index (χ3n) is 5.23. The first kappa shape index (κ1) is 17.8. The van der Waals surface area contributed by atoms with Crippen LogP contribution in [0.1, 0.15) is 19.4 Å². The van der Waals surface area contributed by atoms with E-state index in [9.17, 15) is 9.59 Å². The van der Waals surface area contributed by atoms with Crippen LogP contribution in [0.3, 0.4) is 0 Å². The molecule has 3 aliphatic rings. The number of carbonyl (C=O) groups is 2. The molecule has 3 aliphatic heterocycles. The number of amides is 3. The third-order valence-corrected chi connectivity index (χ3v) is 5.76. The lowest BCUT2D eigenvalue weighted by Crippen LogP contribution is -2.63. The summed E-state index contributed by atoms with van der Waals surface area (Å²) in [7, 11) is 3.15. The van der Waals surface area contributed by atoms with E-state index in [1.807, 2.05) is 42.7 Å². The minimum absolute atomic E-state index is 0.0913. The summed E-state index contributed by atoms with van der Waals surface area (Å²) in [6.45, 7) is 4.46. The Morgan fingerprint density at radius 2 is 1.81 bits per heavy atom. The molecule has 0 radical (unpaired) electrons. The van der Waals surface area contributed by atoms with Crippen molar-refractivity contribution >= 4 is 45.4 Å². The van der Waals surface area contributed by atoms with Crippen LogP contribution in [0.2, 0.25) is 0 Å². The van der Waals surface area contributed by atoms with Crippen LogP contribution in [0.25, 0.3) is 0 Å². The minimum atomic E-state index is -0.611. The number of urea groups is 1. The molecule has 2 atom stereocenters. The van der Waals surface area contributed by atoms with E-state index in [0.717, 1.165) is 20.6 Å². The van der Waals surface area contributed by atoms with Gasteiger partial charge in [0, 0.05) is 18.6 Å². The summed E-state index contributed by atoms with van der Waals surface area (Å²) in [6, 6.07) is 6.91. The van der Waals surface area contributed by atoms with Gasteiger partial charge < -0.3 is 0 Å². The van der Waals surface area contributed by atoms with Crippen LogP contribution in [0.15, 0.2) is 38.8 Å². The molecule has 0 spiro atoms. The predicted molar refractivity (Wildman–Crippen MR) is 105 cm³/mol. The topological polar surface area (TPSA) is 71.6 Å². The highest BCUT2D eigenvalue weighted by atomic mass is 79.9. The second-order valence-corrected chi connectivity index (χ2v) is 7.84. The number of hydrazone groups is 1. The molecule has 0 aromatic heterocycles. The summed E-state index contributed by atoms with van der Waals surface area (Å²) in [5.74, 6) is 0.784. The number of benzene rings is 1. The molecule has 4 rings (SSSR count). The number of guanidine groups is 1. The molecule has 9 heteroatoms. The number of likely N-dealkylation sites (N-methyl/N-ethyl adjacent to an activating group) is 2. The van der Waals surface area contributed by atoms with Crippen molar-refractivity contribution in [1.29, 1.82) is 0 Å². The van der Waals surface area contributed by atoms with E-state index in [2.05, 4.69) is 20.9 Å². The largest absolute Gasteiger partial charge is 0.417 e. The minimum Gasteiger partial charge on any atom is -0.270 e. The molecular weight excluding hydrogens is 412 g/mol. The Morgan fingerprint density at radius 1 is 1.15 bits per heavy atom. The standard InChI is InChI=1S/C18H20BrN6O2/c1-10-11(2)25-14-15(22(3)18(27)23(4)16(14)26)20-17(25)24(21-10)9-12-5-7-13(19)8-6-12/h5-8,11,14H,9H2,1-4H3/q+1. The van der Waals surface area contributed by atoms with Gasteiger partial charge in [-0.1, -0.05) is 33.1 Å². The van der Waals surface area contributed by atoms with Gasteiger partial charge in [0.1, 0.15) is 12.6 Å². The summed E-state index contributed by atoms with van der Waals surface area (Å²) >= 11 is 3.44. The molecule has 0 N–H and O–H groups in total. The van der Waals surface area contributed by atoms with Gasteiger partial charge in [-0.15, -0.1) is 10.1 Å². The summed E-state index contributed by atoms with van der Waals surface area (Å²) in [5, 5.41) is 6.49. The van der Waals surface area contributed by atoms with Crippen LogP contribution >= 0.6 is 15.9 Å². The summed E-state index contributed by atoms with van der Waals surface area (Å²) in [4.78, 5) is 32.4. The van der Waals surface area contributed by atoms with Gasteiger partial charge >= 0.3 is 12.0 Å². The van der Waals surface area contributed by atoms with Crippen LogP contribution in [0.4, 0.5) is 4.79 Å². The zero-order chi connectivity index (χ0) is 19.5. The molecule has 27 heavy (non-hydrogen) atoms. The molecule has 0 saturated carbocycles. The van der Waals surface area contributed by atoms with Crippen molar-refractivity contribution in [3.8, 4) is 0 Å². The third kappa shape index (κ3) is 2.68. The molecule has 140 valence electrons. The van der Waals surface area contributed by atoms with Gasteiger partial charge in [0.05, 0.1) is 5.71 Å². The number of aliphatic imine (C=N–C) groups is 1. The van der Waals surface area contributed by atoms with Crippen molar-refractivity contribution in [3.63, 3.8) is 0 Å². The molecule has 1 saturated heterocycles. The van der Waals surface area contributed by atoms with Crippen LogP contribution in [-0.4, -0.2) is 75.0 Å². The van der Waals surface area contributed by atoms with E-state index in [0.29, 0.717) is 18.3 Å². The Hall–Kier alpha value is -2.55. The van der Waals surface area contributed by atoms with Crippen molar-refractivity contribution < 1.29 is 14.2 Å². The molecule has 3 heterocycles. The lowest BCUT2D eigenvalue weighted by Gasteiger charge is -2.33. The van der Waals surface area contributed by atoms with E-state index in [1.165, 1.54) is 11.9 Å². The van der Waals surface area contributed by atoms with Gasteiger partial charge in [-0.2, -0.15) is 0 Å². The van der Waals surface area contributed by atoms with E-state index in [1.54, 1.807) is 12.1 Å². The first-order chi connectivity index (χ1) is 12.8. The highest BCUT2D eigenvalue weighted by Crippen LogP contribution is 2.25. The van der Waals surface area contributed by atoms with Gasteiger partial charge in [-0.3, -0.25) is 14.6 Å². The number of nitrogens with zero attached hydrogens (tertiary/aromatic N) is 6. The van der Waals surface area contributed by atoms with Gasteiger partial charge in [0.25, 0.3) is 5.91 Å². The molecule has 1 aromatic rings. The predicted octanol–water partition coefficient (Wildman–Crippen LogP) is 1.70. The van der Waals surface area contributed by atoms with E-state index >= 15 is 0 Å². The number of fused-ring (bicyclic) bond motifs is 2. The zero-order valence-corrected chi connectivity index (χ0v) is 17.1. The Morgan fingerprint density at radius 3 is 2.48 bits per heavy atom. The summed E-state index contributed by atoms with van der Waals surface area (Å²) in [5.41, 5.74) is 1.96. The Labute approximate surface area is 165 Å². The highest BCUT2D eigenvalue weighted by Gasteiger charge is 2.55. The average Bonchev–Trinajstić information content (AvgIpc) is 3.05. The Kier molecular flexibility index (Phi) is 4.14. The molecule has 0 bridgehead atoms. The lowest BCUT2D eigenvalue weighted by atomic mass is 10.1. The van der Waals surface area contributed by atoms with Crippen LogP contribution in [0.5, 0.6) is 0 Å². The van der Waals surface area contributed by atoms with Crippen molar-refractivity contribution in [2.45, 2.75) is 32.5 Å². The fraction of sp³-hybridized carbons (Fsp3) is 0.389. The first-order valence-electron chi connectivity index (χ1n) is 8.66. The quantitative estimate of drug-likeness (QED) is 0.669. The molecule has 3 amide bonds. The number of rotatable bonds is 2. The fourth-order valence-electron chi connectivity index (χ4n) is 3.53. The number of amidine groups is 1. The highest BCUT2D eigenvalue weighted by molar-refractivity contribution is 9.10. The monoisotopic (exact) mass is 431 g/mol. The maximum Gasteiger partial charge on any atom is 0.417 e. The van der Waals surface area contributed by atoms with Crippen molar-refractivity contribution in [3.05, 3.63) is 34.3 Å². The van der Waals surface area contributed by atoms with E-state index < -0.39 is 6.04 Å². The maximum absolute atomic E-state index is 12.9. The summed E-state index contributed by atoms with van der Waals surface area (Å²) < 4.78 is 2.96. The Balaban J connectivity index is 1.76. The molecule has 2 unspecified atom stereocenters. The van der Waals surface area contributed by atoms with E-state index in [-0.39, 0.29) is 18.0 Å². The smallest absolute Gasteiger partial charge is 0.270 e. The number of hydrogen-bond acceptors (Lipinski definition) is 5. The van der Waals surface area contributed by atoms with Crippen molar-refractivity contribution in [1.82, 2.24) is 14.8 Å².